The van der Waals surface area contributed by atoms with E-state index in [1.807, 2.05) is 39.0 Å². The van der Waals surface area contributed by atoms with Crippen LogP contribution in [0.3, 0.4) is 0 Å². The van der Waals surface area contributed by atoms with Crippen molar-refractivity contribution in [3.05, 3.63) is 71.3 Å². The number of likely N-dealkylation sites (tertiary alicyclic amines) is 1. The summed E-state index contributed by atoms with van der Waals surface area (Å²) >= 11 is 0. The molecule has 1 aliphatic rings. The molecule has 8 heteroatoms. The summed E-state index contributed by atoms with van der Waals surface area (Å²) in [5.74, 6) is -1.13. The van der Waals surface area contributed by atoms with Crippen LogP contribution in [0.25, 0.3) is 0 Å². The molecule has 2 aromatic rings. The Hall–Kier alpha value is -3.03. The Bertz CT molecular complexity index is 968. The largest absolute Gasteiger partial charge is 0.465 e. The third-order valence-corrected chi connectivity index (χ3v) is 6.08. The Balaban J connectivity index is 1.82. The summed E-state index contributed by atoms with van der Waals surface area (Å²) in [6.07, 6.45) is -5.42. The molecule has 1 saturated heterocycles. The van der Waals surface area contributed by atoms with Gasteiger partial charge in [0.05, 0.1) is 5.56 Å². The monoisotopic (exact) mass is 463 g/mol. The molecule has 0 aliphatic carbocycles. The maximum absolute atomic E-state index is 13.0. The molecule has 2 aromatic carbocycles. The van der Waals surface area contributed by atoms with E-state index >= 15 is 0 Å². The minimum absolute atomic E-state index is 0.0376. The fourth-order valence-corrected chi connectivity index (χ4v) is 4.73. The van der Waals surface area contributed by atoms with Crippen molar-refractivity contribution in [1.82, 2.24) is 4.90 Å². The molecule has 1 N–H and O–H groups in total. The van der Waals surface area contributed by atoms with Gasteiger partial charge in [0.1, 0.15) is 12.6 Å². The minimum atomic E-state index is -4.43. The predicted octanol–water partition coefficient (Wildman–Crippen LogP) is 5.95. The number of halogens is 3. The van der Waals surface area contributed by atoms with Crippen LogP contribution >= 0.6 is 0 Å². The smallest absolute Gasteiger partial charge is 0.416 e. The average molecular weight is 463 g/mol. The van der Waals surface area contributed by atoms with E-state index in [4.69, 9.17) is 4.74 Å². The van der Waals surface area contributed by atoms with Gasteiger partial charge in [0.2, 0.25) is 0 Å². The highest BCUT2D eigenvalue weighted by molar-refractivity contribution is 5.81. The molecule has 1 fully saturated rings. The molecule has 0 radical (unpaired) electrons. The zero-order valence-electron chi connectivity index (χ0n) is 18.8. The molecule has 178 valence electrons. The quantitative estimate of drug-likeness (QED) is 0.557. The van der Waals surface area contributed by atoms with E-state index in [1.165, 1.54) is 12.1 Å². The first-order valence-corrected chi connectivity index (χ1v) is 10.7. The Kier molecular flexibility index (Phi) is 7.05. The number of alkyl halides is 3. The van der Waals surface area contributed by atoms with E-state index in [1.54, 1.807) is 12.1 Å². The first-order chi connectivity index (χ1) is 15.4. The second kappa shape index (κ2) is 9.45. The van der Waals surface area contributed by atoms with Crippen molar-refractivity contribution in [1.29, 1.82) is 0 Å². The number of carbonyl (C=O) groups excluding carboxylic acids is 1. The Labute approximate surface area is 191 Å². The standard InChI is InChI=1S/C25H28F3NO4/c1-24(2,3)21(17-9-11-19(12-10-17)25(26,27)28)18-13-20(29(14-18)23(31)32)22(30)33-15-16-7-5-4-6-8-16/h4-12,18,20-21H,13-15H2,1-3H3,(H,31,32). The van der Waals surface area contributed by atoms with Crippen molar-refractivity contribution in [2.45, 2.75) is 51.9 Å². The number of hydrogen-bond acceptors (Lipinski definition) is 3. The van der Waals surface area contributed by atoms with Gasteiger partial charge in [0.15, 0.2) is 0 Å². The van der Waals surface area contributed by atoms with Gasteiger partial charge in [-0.3, -0.25) is 4.90 Å². The molecule has 3 rings (SSSR count). The van der Waals surface area contributed by atoms with Gasteiger partial charge in [-0.1, -0.05) is 63.2 Å². The molecule has 0 bridgehead atoms. The zero-order chi connectivity index (χ0) is 24.4. The van der Waals surface area contributed by atoms with Crippen molar-refractivity contribution < 1.29 is 32.6 Å². The number of nitrogens with zero attached hydrogens (tertiary/aromatic N) is 1. The topological polar surface area (TPSA) is 66.8 Å². The van der Waals surface area contributed by atoms with Gasteiger partial charge >= 0.3 is 18.2 Å². The summed E-state index contributed by atoms with van der Waals surface area (Å²) < 4.78 is 44.4. The molecule has 3 unspecified atom stereocenters. The van der Waals surface area contributed by atoms with E-state index < -0.39 is 29.8 Å². The van der Waals surface area contributed by atoms with Crippen LogP contribution in [0.15, 0.2) is 54.6 Å². The molecule has 3 atom stereocenters. The van der Waals surface area contributed by atoms with Gasteiger partial charge in [-0.05, 0) is 46.9 Å². The maximum atomic E-state index is 13.0. The fraction of sp³-hybridized carbons (Fsp3) is 0.440. The molecular weight excluding hydrogens is 435 g/mol. The number of rotatable bonds is 5. The number of hydrogen-bond donors (Lipinski definition) is 1. The molecule has 5 nitrogen and oxygen atoms in total. The number of amides is 1. The normalized spacial score (nSPS) is 19.9. The maximum Gasteiger partial charge on any atom is 0.416 e. The van der Waals surface area contributed by atoms with Crippen molar-refractivity contribution >= 4 is 12.1 Å². The number of ether oxygens (including phenoxy) is 1. The van der Waals surface area contributed by atoms with Crippen molar-refractivity contribution in [3.63, 3.8) is 0 Å². The van der Waals surface area contributed by atoms with Crippen molar-refractivity contribution in [2.24, 2.45) is 11.3 Å². The fourth-order valence-electron chi connectivity index (χ4n) is 4.73. The van der Waals surface area contributed by atoms with Crippen LogP contribution in [0, 0.1) is 11.3 Å². The Morgan fingerprint density at radius 3 is 2.18 bits per heavy atom. The number of benzene rings is 2. The summed E-state index contributed by atoms with van der Waals surface area (Å²) in [6.45, 7) is 6.02. The molecule has 1 amide bonds. The molecule has 33 heavy (non-hydrogen) atoms. The number of carboxylic acid groups (broad SMARTS) is 1. The molecule has 0 saturated carbocycles. The van der Waals surface area contributed by atoms with Gasteiger partial charge in [0.25, 0.3) is 0 Å². The van der Waals surface area contributed by atoms with Crippen LogP contribution < -0.4 is 0 Å². The summed E-state index contributed by atoms with van der Waals surface area (Å²) in [5, 5.41) is 9.71. The highest BCUT2D eigenvalue weighted by atomic mass is 19.4. The van der Waals surface area contributed by atoms with E-state index in [-0.39, 0.29) is 36.8 Å². The highest BCUT2D eigenvalue weighted by Gasteiger charge is 2.46. The Morgan fingerprint density at radius 2 is 1.67 bits per heavy atom. The second-order valence-corrected chi connectivity index (χ2v) is 9.50. The Morgan fingerprint density at radius 1 is 1.06 bits per heavy atom. The average Bonchev–Trinajstić information content (AvgIpc) is 3.17. The van der Waals surface area contributed by atoms with Gasteiger partial charge in [-0.15, -0.1) is 0 Å². The van der Waals surface area contributed by atoms with E-state index in [9.17, 15) is 27.9 Å². The molecule has 1 aliphatic heterocycles. The number of carbonyl (C=O) groups is 2. The summed E-state index contributed by atoms with van der Waals surface area (Å²) in [4.78, 5) is 25.8. The number of esters is 1. The minimum Gasteiger partial charge on any atom is -0.465 e. The zero-order valence-corrected chi connectivity index (χ0v) is 18.8. The van der Waals surface area contributed by atoms with Crippen LogP contribution in [0.5, 0.6) is 0 Å². The second-order valence-electron chi connectivity index (χ2n) is 9.50. The van der Waals surface area contributed by atoms with Gasteiger partial charge in [0, 0.05) is 6.54 Å². The lowest BCUT2D eigenvalue weighted by Gasteiger charge is -2.36. The first kappa shape index (κ1) is 24.6. The third kappa shape index (κ3) is 5.86. The van der Waals surface area contributed by atoms with Crippen LogP contribution in [0.2, 0.25) is 0 Å². The van der Waals surface area contributed by atoms with Crippen molar-refractivity contribution in [3.8, 4) is 0 Å². The highest BCUT2D eigenvalue weighted by Crippen LogP contribution is 2.46. The molecule has 0 aromatic heterocycles. The van der Waals surface area contributed by atoms with E-state index in [0.29, 0.717) is 5.56 Å². The van der Waals surface area contributed by atoms with Gasteiger partial charge in [-0.2, -0.15) is 13.2 Å². The summed E-state index contributed by atoms with van der Waals surface area (Å²) in [5.41, 5.74) is 0.362. The lowest BCUT2D eigenvalue weighted by molar-refractivity contribution is -0.149. The van der Waals surface area contributed by atoms with Gasteiger partial charge < -0.3 is 9.84 Å². The van der Waals surface area contributed by atoms with Gasteiger partial charge in [-0.25, -0.2) is 9.59 Å². The third-order valence-electron chi connectivity index (χ3n) is 6.08. The molecule has 1 heterocycles. The van der Waals surface area contributed by atoms with Crippen molar-refractivity contribution in [2.75, 3.05) is 6.54 Å². The summed E-state index contributed by atoms with van der Waals surface area (Å²) in [7, 11) is 0. The van der Waals surface area contributed by atoms with Crippen LogP contribution in [0.1, 0.15) is 49.8 Å². The summed E-state index contributed by atoms with van der Waals surface area (Å²) in [6, 6.07) is 13.1. The lowest BCUT2D eigenvalue weighted by Crippen LogP contribution is -2.40. The first-order valence-electron chi connectivity index (χ1n) is 10.7. The van der Waals surface area contributed by atoms with E-state index in [0.717, 1.165) is 22.6 Å². The molecular formula is C25H28F3NO4. The van der Waals surface area contributed by atoms with Crippen LogP contribution in [-0.2, 0) is 22.3 Å². The van der Waals surface area contributed by atoms with Crippen LogP contribution in [-0.4, -0.2) is 34.7 Å². The lowest BCUT2D eigenvalue weighted by atomic mass is 9.69. The predicted molar refractivity (Wildman–Crippen MR) is 117 cm³/mol. The molecule has 0 spiro atoms. The SMILES string of the molecule is CC(C)(C)C(c1ccc(C(F)(F)F)cc1)C1CC(C(=O)OCc2ccccc2)N(C(=O)O)C1. The van der Waals surface area contributed by atoms with Crippen LogP contribution in [0.4, 0.5) is 18.0 Å². The van der Waals surface area contributed by atoms with E-state index in [2.05, 4.69) is 0 Å².